The van der Waals surface area contributed by atoms with Gasteiger partial charge in [-0.15, -0.1) is 0 Å². The standard InChI is InChI=1S/C44H39BN2/c1-6-7-8-12-28-19-22-37-32(24-28)33-23-27(3)38-34-25-29-13-9-10-14-31(29)39-41(34)46-42-35(44(39,4)5)15-11-16-36(42)45(40(33)43(38)46)47(37)30-20-17-26(2)18-21-30/h9-11,13-25H,6-8,12H2,1-5H3. The predicted molar refractivity (Wildman–Crippen MR) is 202 cm³/mol. The van der Waals surface area contributed by atoms with Crippen LogP contribution >= 0.6 is 0 Å². The zero-order chi connectivity index (χ0) is 31.8. The molecule has 0 aliphatic carbocycles. The lowest BCUT2D eigenvalue weighted by Crippen LogP contribution is -2.61. The van der Waals surface area contributed by atoms with Gasteiger partial charge in [0.1, 0.15) is 0 Å². The van der Waals surface area contributed by atoms with Gasteiger partial charge in [-0.3, -0.25) is 0 Å². The second kappa shape index (κ2) is 9.41. The summed E-state index contributed by atoms with van der Waals surface area (Å²) in [6, 6.07) is 37.8. The second-order valence-corrected chi connectivity index (χ2v) is 14.9. The first-order valence-electron chi connectivity index (χ1n) is 17.5. The van der Waals surface area contributed by atoms with Gasteiger partial charge in [0.05, 0.1) is 11.0 Å². The Labute approximate surface area is 277 Å². The molecule has 0 unspecified atom stereocenters. The van der Waals surface area contributed by atoms with E-state index in [4.69, 9.17) is 0 Å². The van der Waals surface area contributed by atoms with Crippen molar-refractivity contribution in [3.8, 4) is 16.8 Å². The van der Waals surface area contributed by atoms with Crippen LogP contribution in [0.3, 0.4) is 0 Å². The van der Waals surface area contributed by atoms with E-state index in [9.17, 15) is 0 Å². The highest BCUT2D eigenvalue weighted by atomic mass is 15.1. The van der Waals surface area contributed by atoms with Crippen LogP contribution in [0.2, 0.25) is 0 Å². The van der Waals surface area contributed by atoms with Crippen molar-refractivity contribution in [2.24, 2.45) is 0 Å². The first kappa shape index (κ1) is 27.4. The number of unbranched alkanes of at least 4 members (excludes halogenated alkanes) is 2. The molecule has 0 N–H and O–H groups in total. The molecule has 6 aromatic carbocycles. The number of rotatable bonds is 5. The molecule has 0 radical (unpaired) electrons. The smallest absolute Gasteiger partial charge is 0.333 e. The minimum absolute atomic E-state index is 0.0766. The number of hydrogen-bond acceptors (Lipinski definition) is 1. The fraction of sp³-hybridized carbons (Fsp3) is 0.227. The molecule has 228 valence electrons. The van der Waals surface area contributed by atoms with Crippen LogP contribution in [0, 0.1) is 13.8 Å². The van der Waals surface area contributed by atoms with Crippen LogP contribution in [-0.2, 0) is 11.8 Å². The fourth-order valence-corrected chi connectivity index (χ4v) is 9.59. The summed E-state index contributed by atoms with van der Waals surface area (Å²) in [5, 5.41) is 5.51. The molecule has 3 aliphatic rings. The summed E-state index contributed by atoms with van der Waals surface area (Å²) in [5.41, 5.74) is 19.2. The molecule has 0 saturated heterocycles. The summed E-state index contributed by atoms with van der Waals surface area (Å²) < 4.78 is 2.70. The molecule has 3 heteroatoms. The first-order valence-corrected chi connectivity index (χ1v) is 17.5. The molecular weight excluding hydrogens is 567 g/mol. The molecular formula is C44H39BN2. The maximum Gasteiger partial charge on any atom is 0.333 e. The SMILES string of the molecule is CCCCCc1ccc2c(c1)-c1cc(C)c3c4cc5ccccc5c5c4n4c3c1B(c1cccc(c1-4)C5(C)C)N2c1ccc(C)cc1. The van der Waals surface area contributed by atoms with Crippen LogP contribution < -0.4 is 15.7 Å². The predicted octanol–water partition coefficient (Wildman–Crippen LogP) is 10.2. The average Bonchev–Trinajstić information content (AvgIpc) is 3.42. The lowest BCUT2D eigenvalue weighted by atomic mass is 9.43. The molecule has 1 aromatic heterocycles. The van der Waals surface area contributed by atoms with Crippen LogP contribution in [0.1, 0.15) is 67.9 Å². The van der Waals surface area contributed by atoms with Crippen LogP contribution in [0.5, 0.6) is 0 Å². The van der Waals surface area contributed by atoms with E-state index in [0.29, 0.717) is 0 Å². The van der Waals surface area contributed by atoms with Crippen molar-refractivity contribution in [1.82, 2.24) is 4.57 Å². The molecule has 0 spiro atoms. The Morgan fingerprint density at radius 3 is 2.40 bits per heavy atom. The Kier molecular flexibility index (Phi) is 5.48. The quantitative estimate of drug-likeness (QED) is 0.140. The van der Waals surface area contributed by atoms with Gasteiger partial charge in [0, 0.05) is 38.8 Å². The van der Waals surface area contributed by atoms with Crippen LogP contribution in [0.15, 0.2) is 97.1 Å². The molecule has 0 saturated carbocycles. The van der Waals surface area contributed by atoms with Crippen molar-refractivity contribution >= 4 is 61.7 Å². The number of nitrogens with zero attached hydrogens (tertiary/aromatic N) is 2. The van der Waals surface area contributed by atoms with E-state index in [0.717, 1.165) is 6.42 Å². The molecule has 10 rings (SSSR count). The van der Waals surface area contributed by atoms with E-state index in [1.54, 1.807) is 0 Å². The van der Waals surface area contributed by atoms with Gasteiger partial charge in [-0.2, -0.15) is 0 Å². The van der Waals surface area contributed by atoms with Gasteiger partial charge in [0.15, 0.2) is 0 Å². The third-order valence-electron chi connectivity index (χ3n) is 11.7. The van der Waals surface area contributed by atoms with Crippen molar-refractivity contribution < 1.29 is 0 Å². The molecule has 0 fully saturated rings. The number of fused-ring (bicyclic) bond motifs is 6. The number of anilines is 2. The van der Waals surface area contributed by atoms with Gasteiger partial charge in [-0.05, 0) is 107 Å². The summed E-state index contributed by atoms with van der Waals surface area (Å²) in [5.74, 6) is 0. The van der Waals surface area contributed by atoms with E-state index in [2.05, 4.69) is 141 Å². The van der Waals surface area contributed by atoms with E-state index >= 15 is 0 Å². The monoisotopic (exact) mass is 606 g/mol. The lowest BCUT2D eigenvalue weighted by molar-refractivity contribution is 0.637. The van der Waals surface area contributed by atoms with Gasteiger partial charge in [-0.1, -0.05) is 106 Å². The van der Waals surface area contributed by atoms with E-state index in [1.807, 2.05) is 0 Å². The first-order chi connectivity index (χ1) is 22.9. The number of aryl methyl sites for hydroxylation is 3. The maximum atomic E-state index is 2.70. The van der Waals surface area contributed by atoms with Gasteiger partial charge in [0.2, 0.25) is 0 Å². The van der Waals surface area contributed by atoms with Crippen LogP contribution in [0.25, 0.3) is 49.4 Å². The van der Waals surface area contributed by atoms with Crippen molar-refractivity contribution in [3.63, 3.8) is 0 Å². The number of benzene rings is 6. The zero-order valence-electron chi connectivity index (χ0n) is 28.0. The normalized spacial score (nSPS) is 14.9. The van der Waals surface area contributed by atoms with Crippen molar-refractivity contribution in [3.05, 3.63) is 125 Å². The minimum Gasteiger partial charge on any atom is -0.376 e. The van der Waals surface area contributed by atoms with Crippen molar-refractivity contribution in [2.75, 3.05) is 4.81 Å². The molecule has 4 heterocycles. The lowest BCUT2D eigenvalue weighted by Gasteiger charge is -2.45. The molecule has 3 aliphatic heterocycles. The topological polar surface area (TPSA) is 8.17 Å². The third kappa shape index (κ3) is 3.42. The highest BCUT2D eigenvalue weighted by Crippen LogP contribution is 2.53. The van der Waals surface area contributed by atoms with E-state index < -0.39 is 0 Å². The highest BCUT2D eigenvalue weighted by molar-refractivity contribution is 6.93. The molecule has 0 atom stereocenters. The Morgan fingerprint density at radius 1 is 0.745 bits per heavy atom. The summed E-state index contributed by atoms with van der Waals surface area (Å²) in [6.45, 7) is 11.8. The van der Waals surface area contributed by atoms with E-state index in [-0.39, 0.29) is 12.3 Å². The average molecular weight is 607 g/mol. The Hall–Kier alpha value is -4.76. The van der Waals surface area contributed by atoms with E-state index in [1.165, 1.54) is 119 Å². The minimum atomic E-state index is -0.155. The van der Waals surface area contributed by atoms with Crippen molar-refractivity contribution in [2.45, 2.75) is 65.7 Å². The fourth-order valence-electron chi connectivity index (χ4n) is 9.59. The molecule has 2 nitrogen and oxygen atoms in total. The molecule has 7 aromatic rings. The Bertz CT molecular complexity index is 2480. The second-order valence-electron chi connectivity index (χ2n) is 14.9. The Morgan fingerprint density at radius 2 is 1.57 bits per heavy atom. The largest absolute Gasteiger partial charge is 0.376 e. The summed E-state index contributed by atoms with van der Waals surface area (Å²) >= 11 is 0. The molecule has 0 bridgehead atoms. The van der Waals surface area contributed by atoms with Crippen LogP contribution in [-0.4, -0.2) is 11.4 Å². The van der Waals surface area contributed by atoms with Crippen molar-refractivity contribution in [1.29, 1.82) is 0 Å². The summed E-state index contributed by atoms with van der Waals surface area (Å²) in [7, 11) is 0. The summed E-state index contributed by atoms with van der Waals surface area (Å²) in [6.07, 6.45) is 4.88. The van der Waals surface area contributed by atoms with Crippen LogP contribution in [0.4, 0.5) is 11.4 Å². The Balaban J connectivity index is 1.41. The molecule has 0 amide bonds. The van der Waals surface area contributed by atoms with Gasteiger partial charge >= 0.3 is 6.85 Å². The highest BCUT2D eigenvalue weighted by Gasteiger charge is 2.48. The molecule has 47 heavy (non-hydrogen) atoms. The number of para-hydroxylation sites is 1. The van der Waals surface area contributed by atoms with Gasteiger partial charge < -0.3 is 9.38 Å². The third-order valence-corrected chi connectivity index (χ3v) is 11.7. The number of aromatic nitrogens is 1. The summed E-state index contributed by atoms with van der Waals surface area (Å²) in [4.78, 5) is 2.66. The zero-order valence-corrected chi connectivity index (χ0v) is 28.0. The van der Waals surface area contributed by atoms with Gasteiger partial charge in [0.25, 0.3) is 0 Å². The van der Waals surface area contributed by atoms with Gasteiger partial charge in [-0.25, -0.2) is 0 Å². The maximum absolute atomic E-state index is 2.70. The number of hydrogen-bond donors (Lipinski definition) is 0.